The Morgan fingerprint density at radius 3 is 1.31 bits per heavy atom. The van der Waals surface area contributed by atoms with E-state index in [1.165, 1.54) is 0 Å². The van der Waals surface area contributed by atoms with Crippen LogP contribution in [0.2, 0.25) is 0 Å². The molecule has 0 heterocycles. The van der Waals surface area contributed by atoms with E-state index >= 15 is 0 Å². The molecule has 0 rings (SSSR count). The maximum absolute atomic E-state index is 9.98. The number of carbonyl (C=O) groups is 2. The molecule has 0 saturated carbocycles. The molecular formula is C7H14Na2O4. The van der Waals surface area contributed by atoms with E-state index in [1.807, 2.05) is 0 Å². The molecule has 0 aliphatic rings. The first-order chi connectivity index (χ1) is 5.13. The average Bonchev–Trinajstić information content (AvgIpc) is 1.85. The van der Waals surface area contributed by atoms with Crippen LogP contribution in [0.25, 0.3) is 0 Å². The topological polar surface area (TPSA) is 74.6 Å². The third kappa shape index (κ3) is 19.4. The minimum absolute atomic E-state index is 0. The Hall–Kier alpha value is 0.940. The molecule has 0 spiro atoms. The summed E-state index contributed by atoms with van der Waals surface area (Å²) < 4.78 is 0. The normalized spacial score (nSPS) is 8.00. The van der Waals surface area contributed by atoms with E-state index in [9.17, 15) is 9.59 Å². The molecule has 0 aromatic carbocycles. The van der Waals surface area contributed by atoms with E-state index in [0.717, 1.165) is 0 Å². The number of hydrogen-bond donors (Lipinski definition) is 2. The van der Waals surface area contributed by atoms with Gasteiger partial charge in [0.1, 0.15) is 0 Å². The van der Waals surface area contributed by atoms with Crippen molar-refractivity contribution in [3.8, 4) is 0 Å². The summed E-state index contributed by atoms with van der Waals surface area (Å²) in [5.74, 6) is -1.64. The van der Waals surface area contributed by atoms with Gasteiger partial charge >= 0.3 is 71.1 Å². The van der Waals surface area contributed by atoms with Gasteiger partial charge in [0.2, 0.25) is 0 Å². The first-order valence-electron chi connectivity index (χ1n) is 3.56. The zero-order valence-electron chi connectivity index (χ0n) is 6.25. The zero-order valence-corrected chi connectivity index (χ0v) is 6.25. The molecule has 0 unspecified atom stereocenters. The van der Waals surface area contributed by atoms with Gasteiger partial charge in [0.05, 0.1) is 0 Å². The van der Waals surface area contributed by atoms with Gasteiger partial charge < -0.3 is 10.2 Å². The molecule has 0 bridgehead atoms. The van der Waals surface area contributed by atoms with E-state index in [0.29, 0.717) is 19.3 Å². The molecule has 0 fully saturated rings. The van der Waals surface area contributed by atoms with Gasteiger partial charge in [-0.3, -0.25) is 9.59 Å². The number of rotatable bonds is 6. The zero-order chi connectivity index (χ0) is 8.69. The molecule has 13 heavy (non-hydrogen) atoms. The van der Waals surface area contributed by atoms with Crippen molar-refractivity contribution >= 4 is 71.1 Å². The molecule has 2 N–H and O–H groups in total. The summed E-state index contributed by atoms with van der Waals surface area (Å²) in [5.41, 5.74) is 0. The third-order valence-electron chi connectivity index (χ3n) is 1.28. The van der Waals surface area contributed by atoms with E-state index in [-0.39, 0.29) is 72.0 Å². The van der Waals surface area contributed by atoms with Crippen molar-refractivity contribution < 1.29 is 19.8 Å². The molecule has 0 aliphatic carbocycles. The van der Waals surface area contributed by atoms with Gasteiger partial charge in [-0.2, -0.15) is 0 Å². The van der Waals surface area contributed by atoms with E-state index in [4.69, 9.17) is 10.2 Å². The summed E-state index contributed by atoms with van der Waals surface area (Å²) in [6.07, 6.45) is 2.10. The monoisotopic (exact) mass is 208 g/mol. The van der Waals surface area contributed by atoms with Gasteiger partial charge in [-0.05, 0) is 12.8 Å². The molecule has 0 radical (unpaired) electrons. The number of carboxylic acid groups (broad SMARTS) is 2. The van der Waals surface area contributed by atoms with Crippen LogP contribution < -0.4 is 0 Å². The van der Waals surface area contributed by atoms with Crippen molar-refractivity contribution in [2.75, 3.05) is 0 Å². The fourth-order valence-electron chi connectivity index (χ4n) is 0.729. The Labute approximate surface area is 122 Å². The van der Waals surface area contributed by atoms with Crippen LogP contribution in [-0.4, -0.2) is 81.3 Å². The number of aliphatic carboxylic acids is 2. The predicted molar refractivity (Wildman–Crippen MR) is 52.7 cm³/mol. The van der Waals surface area contributed by atoms with Gasteiger partial charge in [-0.1, -0.05) is 6.42 Å². The first kappa shape index (κ1) is 19.5. The summed E-state index contributed by atoms with van der Waals surface area (Å²) in [6.45, 7) is 0. The molecular weight excluding hydrogens is 194 g/mol. The van der Waals surface area contributed by atoms with Gasteiger partial charge in [-0.25, -0.2) is 0 Å². The second kappa shape index (κ2) is 12.9. The standard InChI is InChI=1S/C7H12O4.2Na.2H/c8-6(9)4-2-1-3-5-7(10)11;;;;/h1-5H2,(H,8,9)(H,10,11);;;;. The minimum atomic E-state index is -0.819. The molecule has 4 nitrogen and oxygen atoms in total. The van der Waals surface area contributed by atoms with Gasteiger partial charge in [0.15, 0.2) is 0 Å². The second-order valence-corrected chi connectivity index (χ2v) is 2.35. The molecule has 0 amide bonds. The van der Waals surface area contributed by atoms with Crippen LogP contribution in [0.5, 0.6) is 0 Å². The predicted octanol–water partition coefficient (Wildman–Crippen LogP) is -0.191. The van der Waals surface area contributed by atoms with Crippen LogP contribution in [0, 0.1) is 0 Å². The first-order valence-corrected chi connectivity index (χ1v) is 3.56. The summed E-state index contributed by atoms with van der Waals surface area (Å²) >= 11 is 0. The van der Waals surface area contributed by atoms with E-state index in [2.05, 4.69) is 0 Å². The van der Waals surface area contributed by atoms with Crippen LogP contribution in [0.1, 0.15) is 32.1 Å². The van der Waals surface area contributed by atoms with Crippen molar-refractivity contribution in [2.45, 2.75) is 32.1 Å². The summed E-state index contributed by atoms with van der Waals surface area (Å²) in [6, 6.07) is 0. The van der Waals surface area contributed by atoms with Crippen molar-refractivity contribution in [3.63, 3.8) is 0 Å². The maximum atomic E-state index is 9.98. The molecule has 0 aromatic heterocycles. The van der Waals surface area contributed by atoms with Crippen LogP contribution in [0.4, 0.5) is 0 Å². The van der Waals surface area contributed by atoms with Gasteiger partial charge in [0.25, 0.3) is 0 Å². The van der Waals surface area contributed by atoms with Crippen molar-refractivity contribution in [1.29, 1.82) is 0 Å². The Kier molecular flexibility index (Phi) is 19.4. The van der Waals surface area contributed by atoms with E-state index in [1.54, 1.807) is 0 Å². The molecule has 6 heteroatoms. The summed E-state index contributed by atoms with van der Waals surface area (Å²) in [4.78, 5) is 20.0. The number of carboxylic acids is 2. The van der Waals surface area contributed by atoms with Crippen LogP contribution in [-0.2, 0) is 9.59 Å². The Balaban J connectivity index is -0.000000500. The van der Waals surface area contributed by atoms with Gasteiger partial charge in [0, 0.05) is 12.8 Å². The third-order valence-corrected chi connectivity index (χ3v) is 1.28. The molecule has 68 valence electrons. The number of unbranched alkanes of at least 4 members (excludes halogenated alkanes) is 2. The quantitative estimate of drug-likeness (QED) is 0.468. The fraction of sp³-hybridized carbons (Fsp3) is 0.714. The van der Waals surface area contributed by atoms with Crippen molar-refractivity contribution in [2.24, 2.45) is 0 Å². The van der Waals surface area contributed by atoms with Crippen LogP contribution in [0.3, 0.4) is 0 Å². The van der Waals surface area contributed by atoms with Crippen LogP contribution >= 0.6 is 0 Å². The second-order valence-electron chi connectivity index (χ2n) is 2.35. The van der Waals surface area contributed by atoms with Crippen molar-refractivity contribution in [1.82, 2.24) is 0 Å². The average molecular weight is 208 g/mol. The Morgan fingerprint density at radius 1 is 0.769 bits per heavy atom. The molecule has 0 aromatic rings. The molecule has 0 saturated heterocycles. The fourth-order valence-corrected chi connectivity index (χ4v) is 0.729. The van der Waals surface area contributed by atoms with Gasteiger partial charge in [-0.15, -0.1) is 0 Å². The molecule has 0 atom stereocenters. The Morgan fingerprint density at radius 2 is 1.08 bits per heavy atom. The van der Waals surface area contributed by atoms with E-state index < -0.39 is 11.9 Å². The SMILES string of the molecule is O=C(O)CCCCCC(=O)O.[NaH].[NaH]. The summed E-state index contributed by atoms with van der Waals surface area (Å²) in [5, 5.41) is 16.4. The number of hydrogen-bond acceptors (Lipinski definition) is 2. The van der Waals surface area contributed by atoms with Crippen LogP contribution in [0.15, 0.2) is 0 Å². The summed E-state index contributed by atoms with van der Waals surface area (Å²) in [7, 11) is 0. The molecule has 0 aliphatic heterocycles. The van der Waals surface area contributed by atoms with Crippen molar-refractivity contribution in [3.05, 3.63) is 0 Å². The Bertz CT molecular complexity index is 133.